The summed E-state index contributed by atoms with van der Waals surface area (Å²) in [5.74, 6) is 2.45. The van der Waals surface area contributed by atoms with Crippen LogP contribution in [-0.4, -0.2) is 30.4 Å². The normalized spacial score (nSPS) is 20.2. The monoisotopic (exact) mass is 290 g/mol. The highest BCUT2D eigenvalue weighted by atomic mass is 16.7. The van der Waals surface area contributed by atoms with Gasteiger partial charge in [0.15, 0.2) is 0 Å². The van der Waals surface area contributed by atoms with Gasteiger partial charge in [0.05, 0.1) is 18.3 Å². The number of methoxy groups -OCH3 is 1. The van der Waals surface area contributed by atoms with Crippen molar-refractivity contribution in [1.82, 2.24) is 4.98 Å². The van der Waals surface area contributed by atoms with Crippen LogP contribution in [0.15, 0.2) is 18.2 Å². The van der Waals surface area contributed by atoms with Crippen molar-refractivity contribution in [3.63, 3.8) is 0 Å². The Morgan fingerprint density at radius 1 is 1.29 bits per heavy atom. The Hall–Kier alpha value is -1.37. The molecule has 2 rings (SSSR count). The highest BCUT2D eigenvalue weighted by Crippen LogP contribution is 2.37. The predicted molar refractivity (Wildman–Crippen MR) is 83.8 cm³/mol. The van der Waals surface area contributed by atoms with Crippen LogP contribution < -0.4 is 10.5 Å². The van der Waals surface area contributed by atoms with E-state index in [1.165, 1.54) is 0 Å². The van der Waals surface area contributed by atoms with Crippen LogP contribution in [0, 0.1) is 0 Å². The molecular formula is C15H23BN2O3. The van der Waals surface area contributed by atoms with Gasteiger partial charge in [-0.25, -0.2) is 4.98 Å². The number of nitrogens with two attached hydrogens (primary N) is 1. The third-order valence-electron chi connectivity index (χ3n) is 4.08. The highest BCUT2D eigenvalue weighted by molar-refractivity contribution is 6.52. The lowest BCUT2D eigenvalue weighted by atomic mass is 9.89. The van der Waals surface area contributed by atoms with Crippen LogP contribution in [0.3, 0.4) is 0 Å². The number of nitrogens with zero attached hydrogens (tertiary/aromatic N) is 1. The SMILES string of the molecule is COc1ncc(/C=C/B2OC(C)(C)C(C)(C)O2)cc1CN. The first-order valence-electron chi connectivity index (χ1n) is 7.06. The van der Waals surface area contributed by atoms with Crippen LogP contribution in [0.1, 0.15) is 38.8 Å². The summed E-state index contributed by atoms with van der Waals surface area (Å²) in [5, 5.41) is 0. The second kappa shape index (κ2) is 5.79. The summed E-state index contributed by atoms with van der Waals surface area (Å²) < 4.78 is 17.0. The minimum atomic E-state index is -0.363. The quantitative estimate of drug-likeness (QED) is 0.861. The van der Waals surface area contributed by atoms with Gasteiger partial charge in [0, 0.05) is 18.3 Å². The van der Waals surface area contributed by atoms with Crippen molar-refractivity contribution in [2.75, 3.05) is 7.11 Å². The number of hydrogen-bond acceptors (Lipinski definition) is 5. The van der Waals surface area contributed by atoms with Gasteiger partial charge >= 0.3 is 7.12 Å². The minimum Gasteiger partial charge on any atom is -0.481 e. The lowest BCUT2D eigenvalue weighted by molar-refractivity contribution is 0.00578. The van der Waals surface area contributed by atoms with Gasteiger partial charge in [-0.2, -0.15) is 0 Å². The van der Waals surface area contributed by atoms with E-state index in [2.05, 4.69) is 4.98 Å². The van der Waals surface area contributed by atoms with Gasteiger partial charge in [0.25, 0.3) is 0 Å². The maximum absolute atomic E-state index is 5.91. The van der Waals surface area contributed by atoms with E-state index < -0.39 is 0 Å². The molecule has 0 aromatic carbocycles. The third-order valence-corrected chi connectivity index (χ3v) is 4.08. The third kappa shape index (κ3) is 3.28. The van der Waals surface area contributed by atoms with Crippen LogP contribution in [0.4, 0.5) is 0 Å². The summed E-state index contributed by atoms with van der Waals surface area (Å²) >= 11 is 0. The fourth-order valence-electron chi connectivity index (χ4n) is 2.09. The molecule has 0 radical (unpaired) electrons. The lowest BCUT2D eigenvalue weighted by Gasteiger charge is -2.32. The molecule has 1 fully saturated rings. The summed E-state index contributed by atoms with van der Waals surface area (Å²) in [7, 11) is 1.22. The maximum Gasteiger partial charge on any atom is 0.487 e. The fraction of sp³-hybridized carbons (Fsp3) is 0.533. The summed E-state index contributed by atoms with van der Waals surface area (Å²) in [6.07, 6.45) is 3.66. The number of ether oxygens (including phenoxy) is 1. The largest absolute Gasteiger partial charge is 0.487 e. The van der Waals surface area contributed by atoms with Crippen molar-refractivity contribution < 1.29 is 14.0 Å². The van der Waals surface area contributed by atoms with Gasteiger partial charge in [0.1, 0.15) is 0 Å². The molecule has 0 amide bonds. The van der Waals surface area contributed by atoms with Crippen molar-refractivity contribution in [3.05, 3.63) is 29.4 Å². The second-order valence-corrected chi connectivity index (χ2v) is 6.13. The Morgan fingerprint density at radius 2 is 1.90 bits per heavy atom. The smallest absolute Gasteiger partial charge is 0.481 e. The Labute approximate surface area is 126 Å². The molecule has 0 spiro atoms. The molecule has 1 aromatic rings. The average molecular weight is 290 g/mol. The molecule has 21 heavy (non-hydrogen) atoms. The van der Waals surface area contributed by atoms with Gasteiger partial charge in [0.2, 0.25) is 5.88 Å². The van der Waals surface area contributed by atoms with Gasteiger partial charge in [-0.3, -0.25) is 0 Å². The van der Waals surface area contributed by atoms with Gasteiger partial charge in [-0.05, 0) is 39.3 Å². The van der Waals surface area contributed by atoms with Crippen LogP contribution >= 0.6 is 0 Å². The molecule has 0 atom stereocenters. The zero-order valence-corrected chi connectivity index (χ0v) is 13.3. The Bertz CT molecular complexity index is 528. The van der Waals surface area contributed by atoms with Crippen LogP contribution in [-0.2, 0) is 15.9 Å². The van der Waals surface area contributed by atoms with Crippen LogP contribution in [0.25, 0.3) is 6.08 Å². The molecule has 1 saturated heterocycles. The first-order chi connectivity index (χ1) is 9.79. The molecule has 2 N–H and O–H groups in total. The molecule has 0 unspecified atom stereocenters. The van der Waals surface area contributed by atoms with Crippen molar-refractivity contribution in [1.29, 1.82) is 0 Å². The summed E-state index contributed by atoms with van der Waals surface area (Å²) in [4.78, 5) is 4.24. The molecule has 2 heterocycles. The first-order valence-corrected chi connectivity index (χ1v) is 7.06. The molecule has 1 aliphatic heterocycles. The number of pyridine rings is 1. The van der Waals surface area contributed by atoms with Crippen LogP contribution in [0.5, 0.6) is 5.88 Å². The van der Waals surface area contributed by atoms with Gasteiger partial charge < -0.3 is 19.8 Å². The van der Waals surface area contributed by atoms with E-state index in [0.717, 1.165) is 11.1 Å². The summed E-state index contributed by atoms with van der Waals surface area (Å²) in [5.41, 5.74) is 6.83. The lowest BCUT2D eigenvalue weighted by Crippen LogP contribution is -2.41. The van der Waals surface area contributed by atoms with Crippen molar-refractivity contribution >= 4 is 13.2 Å². The summed E-state index contributed by atoms with van der Waals surface area (Å²) in [6.45, 7) is 8.50. The summed E-state index contributed by atoms with van der Waals surface area (Å²) in [6, 6.07) is 1.95. The van der Waals surface area contributed by atoms with Crippen molar-refractivity contribution in [2.24, 2.45) is 5.73 Å². The highest BCUT2D eigenvalue weighted by Gasteiger charge is 2.49. The second-order valence-electron chi connectivity index (χ2n) is 6.13. The van der Waals surface area contributed by atoms with E-state index in [0.29, 0.717) is 12.4 Å². The molecular weight excluding hydrogens is 267 g/mol. The molecule has 0 saturated carbocycles. The number of rotatable bonds is 4. The van der Waals surface area contributed by atoms with Gasteiger partial charge in [-0.1, -0.05) is 12.1 Å². The fourth-order valence-corrected chi connectivity index (χ4v) is 2.09. The van der Waals surface area contributed by atoms with E-state index in [1.807, 2.05) is 45.8 Å². The Balaban J connectivity index is 2.12. The van der Waals surface area contributed by atoms with E-state index in [9.17, 15) is 0 Å². The van der Waals surface area contributed by atoms with Crippen LogP contribution in [0.2, 0.25) is 0 Å². The number of hydrogen-bond donors (Lipinski definition) is 1. The zero-order valence-electron chi connectivity index (χ0n) is 13.3. The molecule has 0 aliphatic carbocycles. The minimum absolute atomic E-state index is 0.331. The van der Waals surface area contributed by atoms with E-state index in [4.69, 9.17) is 19.8 Å². The number of aromatic nitrogens is 1. The molecule has 5 nitrogen and oxygen atoms in total. The van der Waals surface area contributed by atoms with E-state index >= 15 is 0 Å². The van der Waals surface area contributed by atoms with E-state index in [-0.39, 0.29) is 18.3 Å². The Kier molecular flexibility index (Phi) is 4.42. The van der Waals surface area contributed by atoms with Gasteiger partial charge in [-0.15, -0.1) is 0 Å². The maximum atomic E-state index is 5.91. The Morgan fingerprint density at radius 3 is 2.43 bits per heavy atom. The molecule has 0 bridgehead atoms. The molecule has 1 aromatic heterocycles. The zero-order chi connectivity index (χ0) is 15.7. The standard InChI is InChI=1S/C15H23BN2O3/c1-14(2)15(3,4)21-16(20-14)7-6-11-8-12(9-17)13(19-5)18-10-11/h6-8,10H,9,17H2,1-5H3/b7-6+. The molecule has 6 heteroatoms. The first kappa shape index (κ1) is 16.0. The predicted octanol–water partition coefficient (Wildman–Crippen LogP) is 2.19. The average Bonchev–Trinajstić information content (AvgIpc) is 2.64. The molecule has 1 aliphatic rings. The van der Waals surface area contributed by atoms with E-state index in [1.54, 1.807) is 13.3 Å². The topological polar surface area (TPSA) is 66.6 Å². The van der Waals surface area contributed by atoms with Crippen molar-refractivity contribution in [3.8, 4) is 5.88 Å². The molecule has 114 valence electrons. The van der Waals surface area contributed by atoms with Crippen molar-refractivity contribution in [2.45, 2.75) is 45.4 Å².